The van der Waals surface area contributed by atoms with Crippen LogP contribution in [0.1, 0.15) is 57.1 Å². The van der Waals surface area contributed by atoms with E-state index in [0.717, 1.165) is 30.1 Å². The molecule has 2 aromatic heterocycles. The molecule has 1 aliphatic carbocycles. The van der Waals surface area contributed by atoms with Gasteiger partial charge in [-0.25, -0.2) is 9.67 Å². The molecule has 8 heteroatoms. The molecule has 0 unspecified atom stereocenters. The number of nitrogens with zero attached hydrogens (tertiary/aromatic N) is 5. The molecule has 0 N–H and O–H groups in total. The number of para-hydroxylation sites is 1. The summed E-state index contributed by atoms with van der Waals surface area (Å²) in [7, 11) is 0. The van der Waals surface area contributed by atoms with Crippen molar-refractivity contribution in [2.24, 2.45) is 0 Å². The van der Waals surface area contributed by atoms with Gasteiger partial charge in [0.05, 0.1) is 11.3 Å². The van der Waals surface area contributed by atoms with Gasteiger partial charge < -0.3 is 14.2 Å². The minimum atomic E-state index is -0.181. The summed E-state index contributed by atoms with van der Waals surface area (Å²) in [6.45, 7) is 5.49. The lowest BCUT2D eigenvalue weighted by molar-refractivity contribution is 0.0528. The van der Waals surface area contributed by atoms with E-state index >= 15 is 0 Å². The lowest BCUT2D eigenvalue weighted by atomic mass is 10.2. The van der Waals surface area contributed by atoms with Gasteiger partial charge >= 0.3 is 0 Å². The van der Waals surface area contributed by atoms with Crippen LogP contribution in [0.3, 0.4) is 0 Å². The van der Waals surface area contributed by atoms with Crippen molar-refractivity contribution in [1.29, 1.82) is 0 Å². The largest absolute Gasteiger partial charge is 0.466 e. The molecule has 0 radical (unpaired) electrons. The van der Waals surface area contributed by atoms with Gasteiger partial charge in [0.2, 0.25) is 5.82 Å². The molecule has 1 aliphatic heterocycles. The van der Waals surface area contributed by atoms with Gasteiger partial charge in [0.1, 0.15) is 17.3 Å². The van der Waals surface area contributed by atoms with Gasteiger partial charge in [0.25, 0.3) is 11.8 Å². The van der Waals surface area contributed by atoms with Crippen molar-refractivity contribution in [3.8, 4) is 5.69 Å². The summed E-state index contributed by atoms with van der Waals surface area (Å²) in [5, 5.41) is 4.55. The monoisotopic (exact) mass is 419 g/mol. The van der Waals surface area contributed by atoms with Gasteiger partial charge in [0, 0.05) is 32.1 Å². The molecule has 1 aromatic carbocycles. The summed E-state index contributed by atoms with van der Waals surface area (Å²) in [6.07, 6.45) is 2.15. The summed E-state index contributed by atoms with van der Waals surface area (Å²) in [5.74, 6) is 2.57. The zero-order chi connectivity index (χ0) is 21.5. The van der Waals surface area contributed by atoms with E-state index < -0.39 is 0 Å². The average Bonchev–Trinajstić information content (AvgIpc) is 3.45. The summed E-state index contributed by atoms with van der Waals surface area (Å²) in [5.41, 5.74) is 1.51. The molecule has 5 rings (SSSR count). The molecule has 2 amide bonds. The van der Waals surface area contributed by atoms with E-state index in [1.165, 1.54) is 0 Å². The highest BCUT2D eigenvalue weighted by atomic mass is 16.3. The van der Waals surface area contributed by atoms with E-state index in [1.54, 1.807) is 27.5 Å². The molecule has 160 valence electrons. The Kier molecular flexibility index (Phi) is 4.84. The maximum atomic E-state index is 13.1. The van der Waals surface area contributed by atoms with Crippen LogP contribution in [0.4, 0.5) is 0 Å². The molecule has 2 fully saturated rings. The molecule has 31 heavy (non-hydrogen) atoms. The van der Waals surface area contributed by atoms with Crippen LogP contribution < -0.4 is 0 Å². The second kappa shape index (κ2) is 7.68. The zero-order valence-electron chi connectivity index (χ0n) is 17.7. The summed E-state index contributed by atoms with van der Waals surface area (Å²) in [6, 6.07) is 11.6. The van der Waals surface area contributed by atoms with Crippen LogP contribution in [0.25, 0.3) is 5.69 Å². The fraction of sp³-hybridized carbons (Fsp3) is 0.391. The average molecular weight is 419 g/mol. The van der Waals surface area contributed by atoms with Crippen molar-refractivity contribution in [1.82, 2.24) is 24.6 Å². The van der Waals surface area contributed by atoms with Crippen molar-refractivity contribution >= 4 is 11.8 Å². The van der Waals surface area contributed by atoms with Gasteiger partial charge in [-0.1, -0.05) is 18.2 Å². The maximum Gasteiger partial charge on any atom is 0.293 e. The van der Waals surface area contributed by atoms with E-state index in [-0.39, 0.29) is 17.6 Å². The van der Waals surface area contributed by atoms with Gasteiger partial charge in [-0.3, -0.25) is 9.59 Å². The Labute approximate surface area is 180 Å². The molecular formula is C23H25N5O3. The first-order chi connectivity index (χ1) is 15.0. The number of furan rings is 1. The predicted molar refractivity (Wildman–Crippen MR) is 113 cm³/mol. The molecule has 0 spiro atoms. The second-order valence-electron chi connectivity index (χ2n) is 8.23. The second-order valence-corrected chi connectivity index (χ2v) is 8.23. The van der Waals surface area contributed by atoms with E-state index in [9.17, 15) is 9.59 Å². The number of rotatable bonds is 4. The SMILES string of the molecule is Cc1cc(C(=O)N2CCN(C(=O)c3nc(C4CC4)n(-c4ccccc4)n3)CC2)c(C)o1. The Morgan fingerprint density at radius 1 is 0.968 bits per heavy atom. The highest BCUT2D eigenvalue weighted by molar-refractivity contribution is 5.96. The third-order valence-electron chi connectivity index (χ3n) is 5.89. The number of aromatic nitrogens is 3. The third-order valence-corrected chi connectivity index (χ3v) is 5.89. The smallest absolute Gasteiger partial charge is 0.293 e. The van der Waals surface area contributed by atoms with E-state index in [2.05, 4.69) is 10.1 Å². The van der Waals surface area contributed by atoms with Crippen LogP contribution in [0, 0.1) is 13.8 Å². The Balaban J connectivity index is 1.30. The fourth-order valence-corrected chi connectivity index (χ4v) is 4.05. The first-order valence-electron chi connectivity index (χ1n) is 10.7. The molecule has 0 atom stereocenters. The van der Waals surface area contributed by atoms with Gasteiger partial charge in [-0.15, -0.1) is 5.10 Å². The van der Waals surface area contributed by atoms with Crippen LogP contribution in [0.5, 0.6) is 0 Å². The van der Waals surface area contributed by atoms with Crippen molar-refractivity contribution in [2.75, 3.05) is 26.2 Å². The summed E-state index contributed by atoms with van der Waals surface area (Å²) in [4.78, 5) is 34.0. The van der Waals surface area contributed by atoms with Gasteiger partial charge in [0.15, 0.2) is 0 Å². The Morgan fingerprint density at radius 2 is 1.61 bits per heavy atom. The third kappa shape index (κ3) is 3.73. The van der Waals surface area contributed by atoms with E-state index in [4.69, 9.17) is 4.42 Å². The molecular weight excluding hydrogens is 394 g/mol. The van der Waals surface area contributed by atoms with Gasteiger partial charge in [-0.2, -0.15) is 0 Å². The number of piperazine rings is 1. The number of carbonyl (C=O) groups is 2. The lowest BCUT2D eigenvalue weighted by Gasteiger charge is -2.34. The molecule has 8 nitrogen and oxygen atoms in total. The van der Waals surface area contributed by atoms with E-state index in [1.807, 2.05) is 37.3 Å². The quantitative estimate of drug-likeness (QED) is 0.649. The van der Waals surface area contributed by atoms with Crippen LogP contribution in [0.2, 0.25) is 0 Å². The minimum Gasteiger partial charge on any atom is -0.466 e. The maximum absolute atomic E-state index is 13.1. The van der Waals surface area contributed by atoms with Crippen LogP contribution >= 0.6 is 0 Å². The zero-order valence-corrected chi connectivity index (χ0v) is 17.7. The van der Waals surface area contributed by atoms with Crippen LogP contribution in [-0.2, 0) is 0 Å². The fourth-order valence-electron chi connectivity index (χ4n) is 4.05. The molecule has 3 aromatic rings. The summed E-state index contributed by atoms with van der Waals surface area (Å²) < 4.78 is 7.29. The van der Waals surface area contributed by atoms with Crippen molar-refractivity contribution in [2.45, 2.75) is 32.6 Å². The number of benzene rings is 1. The topological polar surface area (TPSA) is 84.5 Å². The van der Waals surface area contributed by atoms with Crippen molar-refractivity contribution in [3.05, 3.63) is 65.1 Å². The summed E-state index contributed by atoms with van der Waals surface area (Å²) >= 11 is 0. The molecule has 3 heterocycles. The highest BCUT2D eigenvalue weighted by Gasteiger charge is 2.34. The standard InChI is InChI=1S/C23H25N5O3/c1-15-14-19(16(2)31-15)22(29)26-10-12-27(13-11-26)23(30)20-24-21(17-8-9-17)28(25-20)18-6-4-3-5-7-18/h3-7,14,17H,8-13H2,1-2H3. The molecule has 1 saturated heterocycles. The number of hydrogen-bond donors (Lipinski definition) is 0. The first kappa shape index (κ1) is 19.5. The molecule has 1 saturated carbocycles. The van der Waals surface area contributed by atoms with Gasteiger partial charge in [-0.05, 0) is 44.9 Å². The minimum absolute atomic E-state index is 0.0519. The number of carbonyl (C=O) groups excluding carboxylic acids is 2. The van der Waals surface area contributed by atoms with Crippen LogP contribution in [0.15, 0.2) is 40.8 Å². The number of amides is 2. The Morgan fingerprint density at radius 3 is 2.19 bits per heavy atom. The predicted octanol–water partition coefficient (Wildman–Crippen LogP) is 2.95. The first-order valence-corrected chi connectivity index (χ1v) is 10.7. The molecule has 2 aliphatic rings. The lowest BCUT2D eigenvalue weighted by Crippen LogP contribution is -2.50. The van der Waals surface area contributed by atoms with Crippen molar-refractivity contribution in [3.63, 3.8) is 0 Å². The Hall–Kier alpha value is -3.42. The number of aryl methyl sites for hydroxylation is 2. The highest BCUT2D eigenvalue weighted by Crippen LogP contribution is 2.39. The van der Waals surface area contributed by atoms with Crippen molar-refractivity contribution < 1.29 is 14.0 Å². The van der Waals surface area contributed by atoms with E-state index in [0.29, 0.717) is 43.4 Å². The number of hydrogen-bond acceptors (Lipinski definition) is 5. The normalized spacial score (nSPS) is 16.6. The van der Waals surface area contributed by atoms with Crippen LogP contribution in [-0.4, -0.2) is 62.6 Å². The Bertz CT molecular complexity index is 1120. The molecule has 0 bridgehead atoms.